The van der Waals surface area contributed by atoms with Crippen molar-refractivity contribution >= 4 is 46.5 Å². The fourth-order valence-corrected chi connectivity index (χ4v) is 4.92. The highest BCUT2D eigenvalue weighted by molar-refractivity contribution is 6.24. The van der Waals surface area contributed by atoms with Crippen molar-refractivity contribution in [2.75, 3.05) is 38.0 Å². The van der Waals surface area contributed by atoms with Crippen LogP contribution in [0.3, 0.4) is 0 Å². The van der Waals surface area contributed by atoms with Gasteiger partial charge in [-0.15, -0.1) is 0 Å². The Kier molecular flexibility index (Phi) is 6.98. The van der Waals surface area contributed by atoms with Crippen LogP contribution >= 0.6 is 0 Å². The largest absolute Gasteiger partial charge is 0.465 e. The van der Waals surface area contributed by atoms with Gasteiger partial charge in [-0.3, -0.25) is 19.4 Å². The molecule has 3 aromatic carbocycles. The van der Waals surface area contributed by atoms with Crippen molar-refractivity contribution in [2.45, 2.75) is 18.8 Å². The second-order valence-corrected chi connectivity index (χ2v) is 9.65. The zero-order valence-electron chi connectivity index (χ0n) is 21.9. The van der Waals surface area contributed by atoms with E-state index in [0.29, 0.717) is 35.6 Å². The van der Waals surface area contributed by atoms with Gasteiger partial charge in [0.1, 0.15) is 12.3 Å². The van der Waals surface area contributed by atoms with Crippen LogP contribution in [0.2, 0.25) is 0 Å². The predicted molar refractivity (Wildman–Crippen MR) is 148 cm³/mol. The van der Waals surface area contributed by atoms with Crippen LogP contribution < -0.4 is 10.2 Å². The van der Waals surface area contributed by atoms with Gasteiger partial charge in [0.25, 0.3) is 0 Å². The number of nitrogens with zero attached hydrogens (tertiary/aromatic N) is 3. The Labute approximate surface area is 226 Å². The highest BCUT2D eigenvalue weighted by Gasteiger charge is 2.36. The third kappa shape index (κ3) is 5.03. The van der Waals surface area contributed by atoms with Gasteiger partial charge < -0.3 is 19.9 Å². The van der Waals surface area contributed by atoms with Crippen LogP contribution in [0.4, 0.5) is 17.1 Å². The van der Waals surface area contributed by atoms with Gasteiger partial charge in [-0.25, -0.2) is 4.79 Å². The van der Waals surface area contributed by atoms with Crippen molar-refractivity contribution in [3.8, 4) is 0 Å². The number of methoxy groups -OCH3 is 1. The summed E-state index contributed by atoms with van der Waals surface area (Å²) in [5.74, 6) is -1.88. The molecule has 9 heteroatoms. The number of nitrogens with one attached hydrogen (secondary N) is 1. The van der Waals surface area contributed by atoms with Gasteiger partial charge in [0.2, 0.25) is 17.7 Å². The Bertz CT molecular complexity index is 1510. The molecule has 1 unspecified atom stereocenters. The first-order chi connectivity index (χ1) is 18.8. The SMILES string of the molecule is COC(=O)c1ccc2c(c1)NC(=O)C2C(=Nc1ccc2c(c1)CCN2C(=O)CC(=O)N(C)C)c1ccccc1. The zero-order valence-corrected chi connectivity index (χ0v) is 21.9. The van der Waals surface area contributed by atoms with Gasteiger partial charge in [-0.1, -0.05) is 36.4 Å². The van der Waals surface area contributed by atoms with E-state index in [1.165, 1.54) is 12.0 Å². The smallest absolute Gasteiger partial charge is 0.337 e. The number of anilines is 2. The Balaban J connectivity index is 1.51. The Morgan fingerprint density at radius 2 is 1.79 bits per heavy atom. The molecule has 2 heterocycles. The van der Waals surface area contributed by atoms with Crippen molar-refractivity contribution in [3.63, 3.8) is 0 Å². The minimum atomic E-state index is -0.683. The molecular weight excluding hydrogens is 496 g/mol. The number of hydrogen-bond acceptors (Lipinski definition) is 6. The lowest BCUT2D eigenvalue weighted by Gasteiger charge is -2.19. The number of fused-ring (bicyclic) bond motifs is 2. The number of hydrogen-bond donors (Lipinski definition) is 1. The maximum Gasteiger partial charge on any atom is 0.337 e. The highest BCUT2D eigenvalue weighted by Crippen LogP contribution is 2.38. The van der Waals surface area contributed by atoms with Crippen LogP contribution in [0.25, 0.3) is 0 Å². The summed E-state index contributed by atoms with van der Waals surface area (Å²) in [5, 5.41) is 2.88. The second-order valence-electron chi connectivity index (χ2n) is 9.65. The summed E-state index contributed by atoms with van der Waals surface area (Å²) in [4.78, 5) is 58.1. The molecule has 0 bridgehead atoms. The van der Waals surface area contributed by atoms with Crippen LogP contribution in [-0.2, 0) is 25.5 Å². The summed E-state index contributed by atoms with van der Waals surface area (Å²) in [7, 11) is 4.57. The lowest BCUT2D eigenvalue weighted by Crippen LogP contribution is -2.34. The van der Waals surface area contributed by atoms with Crippen LogP contribution in [0.5, 0.6) is 0 Å². The van der Waals surface area contributed by atoms with Crippen molar-refractivity contribution in [2.24, 2.45) is 4.99 Å². The molecule has 0 saturated heterocycles. The fourth-order valence-electron chi connectivity index (χ4n) is 4.92. The van der Waals surface area contributed by atoms with Gasteiger partial charge >= 0.3 is 5.97 Å². The molecule has 3 aromatic rings. The van der Waals surface area contributed by atoms with E-state index in [-0.39, 0.29) is 24.1 Å². The van der Waals surface area contributed by atoms with E-state index >= 15 is 0 Å². The Morgan fingerprint density at radius 3 is 2.51 bits per heavy atom. The minimum absolute atomic E-state index is 0.182. The molecule has 39 heavy (non-hydrogen) atoms. The van der Waals surface area contributed by atoms with E-state index < -0.39 is 11.9 Å². The van der Waals surface area contributed by atoms with Crippen LogP contribution in [-0.4, -0.2) is 62.1 Å². The maximum atomic E-state index is 13.2. The molecule has 3 amide bonds. The first kappa shape index (κ1) is 25.8. The first-order valence-corrected chi connectivity index (χ1v) is 12.6. The average molecular weight is 525 g/mol. The van der Waals surface area contributed by atoms with E-state index in [9.17, 15) is 19.2 Å². The Hall–Kier alpha value is -4.79. The molecule has 0 fully saturated rings. The molecule has 1 atom stereocenters. The molecule has 2 aliphatic rings. The van der Waals surface area contributed by atoms with E-state index in [4.69, 9.17) is 9.73 Å². The van der Waals surface area contributed by atoms with E-state index in [0.717, 1.165) is 22.4 Å². The molecule has 0 saturated carbocycles. The summed E-state index contributed by atoms with van der Waals surface area (Å²) in [6, 6.07) is 20.1. The molecular formula is C30H28N4O5. The normalized spacial score (nSPS) is 15.9. The van der Waals surface area contributed by atoms with Crippen molar-refractivity contribution in [1.82, 2.24) is 4.90 Å². The van der Waals surface area contributed by atoms with E-state index in [2.05, 4.69) is 5.32 Å². The molecule has 0 aromatic heterocycles. The third-order valence-corrected chi connectivity index (χ3v) is 6.96. The summed E-state index contributed by atoms with van der Waals surface area (Å²) in [6.07, 6.45) is 0.461. The predicted octanol–water partition coefficient (Wildman–Crippen LogP) is 3.70. The number of benzene rings is 3. The monoisotopic (exact) mass is 524 g/mol. The molecule has 1 N–H and O–H groups in total. The highest BCUT2D eigenvalue weighted by atomic mass is 16.5. The van der Waals surface area contributed by atoms with Gasteiger partial charge in [-0.05, 0) is 53.4 Å². The number of ether oxygens (including phenoxy) is 1. The van der Waals surface area contributed by atoms with Crippen molar-refractivity contribution < 1.29 is 23.9 Å². The van der Waals surface area contributed by atoms with Gasteiger partial charge in [-0.2, -0.15) is 0 Å². The Morgan fingerprint density at radius 1 is 1.03 bits per heavy atom. The summed E-state index contributed by atoms with van der Waals surface area (Å²) in [5.41, 5.74) is 5.35. The van der Waals surface area contributed by atoms with Crippen molar-refractivity contribution in [3.05, 3.63) is 89.0 Å². The van der Waals surface area contributed by atoms with E-state index in [1.807, 2.05) is 48.5 Å². The zero-order chi connectivity index (χ0) is 27.7. The van der Waals surface area contributed by atoms with Crippen LogP contribution in [0.1, 0.15) is 39.4 Å². The quantitative estimate of drug-likeness (QED) is 0.301. The molecule has 2 aliphatic heterocycles. The van der Waals surface area contributed by atoms with Crippen LogP contribution in [0.15, 0.2) is 71.7 Å². The summed E-state index contributed by atoms with van der Waals surface area (Å²) >= 11 is 0. The second kappa shape index (κ2) is 10.5. The standard InChI is InChI=1S/C30H28N4O5/c1-33(2)25(35)17-26(36)34-14-13-19-15-21(10-12-24(19)34)31-28(18-7-5-4-6-8-18)27-22-11-9-20(30(38)39-3)16-23(22)32-29(27)37/h4-12,15-16,27H,13-14,17H2,1-3H3,(H,32,37). The van der Waals surface area contributed by atoms with Crippen molar-refractivity contribution in [1.29, 1.82) is 0 Å². The van der Waals surface area contributed by atoms with Crippen LogP contribution in [0, 0.1) is 0 Å². The third-order valence-electron chi connectivity index (χ3n) is 6.96. The topological polar surface area (TPSA) is 108 Å². The molecule has 0 radical (unpaired) electrons. The molecule has 9 nitrogen and oxygen atoms in total. The van der Waals surface area contributed by atoms with E-state index in [1.54, 1.807) is 37.2 Å². The minimum Gasteiger partial charge on any atom is -0.465 e. The first-order valence-electron chi connectivity index (χ1n) is 12.6. The molecule has 0 aliphatic carbocycles. The van der Waals surface area contributed by atoms with Gasteiger partial charge in [0.05, 0.1) is 24.1 Å². The number of carbonyl (C=O) groups excluding carboxylic acids is 4. The number of carbonyl (C=O) groups is 4. The lowest BCUT2D eigenvalue weighted by atomic mass is 9.90. The number of rotatable bonds is 6. The number of amides is 3. The molecule has 5 rings (SSSR count). The number of esters is 1. The lowest BCUT2D eigenvalue weighted by molar-refractivity contribution is -0.133. The maximum absolute atomic E-state index is 13.2. The molecule has 0 spiro atoms. The summed E-state index contributed by atoms with van der Waals surface area (Å²) in [6.45, 7) is 0.495. The molecule has 198 valence electrons. The average Bonchev–Trinajstić information content (AvgIpc) is 3.51. The number of aliphatic imine (C=N–C) groups is 1. The van der Waals surface area contributed by atoms with Gasteiger partial charge in [0, 0.05) is 32.0 Å². The fraction of sp³-hybridized carbons (Fsp3) is 0.233. The summed E-state index contributed by atoms with van der Waals surface area (Å²) < 4.78 is 4.81. The van der Waals surface area contributed by atoms with Gasteiger partial charge in [0.15, 0.2) is 0 Å².